The van der Waals surface area contributed by atoms with E-state index < -0.39 is 18.5 Å². The summed E-state index contributed by atoms with van der Waals surface area (Å²) in [5, 5.41) is 31.8. The topological polar surface area (TPSA) is 90.9 Å². The molecule has 0 atom stereocenters. The second-order valence-corrected chi connectivity index (χ2v) is 4.22. The maximum Gasteiger partial charge on any atom is 0.492 e. The van der Waals surface area contributed by atoms with Gasteiger partial charge < -0.3 is 15.2 Å². The fourth-order valence-corrected chi connectivity index (χ4v) is 1.71. The molecule has 0 aliphatic heterocycles. The summed E-state index contributed by atoms with van der Waals surface area (Å²) >= 11 is 0. The molecule has 0 unspecified atom stereocenters. The SMILES string of the molecule is CC(C)(O)c1c(F)cc(B(O)O)c2ncnn12. The molecular weight excluding hydrogens is 228 g/mol. The van der Waals surface area contributed by atoms with Crippen molar-refractivity contribution in [1.29, 1.82) is 0 Å². The number of pyridine rings is 1. The number of hydrogen-bond donors (Lipinski definition) is 3. The van der Waals surface area contributed by atoms with Crippen LogP contribution in [0.4, 0.5) is 4.39 Å². The van der Waals surface area contributed by atoms with Gasteiger partial charge in [-0.1, -0.05) is 0 Å². The Balaban J connectivity index is 2.85. The lowest BCUT2D eigenvalue weighted by molar-refractivity contribution is 0.0669. The van der Waals surface area contributed by atoms with Crippen molar-refractivity contribution < 1.29 is 19.5 Å². The third-order valence-corrected chi connectivity index (χ3v) is 2.38. The molecule has 90 valence electrons. The molecule has 6 nitrogen and oxygen atoms in total. The Bertz CT molecular complexity index is 564. The maximum absolute atomic E-state index is 13.8. The molecule has 0 saturated heterocycles. The van der Waals surface area contributed by atoms with Crippen LogP contribution in [0.1, 0.15) is 19.5 Å². The van der Waals surface area contributed by atoms with Crippen LogP contribution in [-0.2, 0) is 5.60 Å². The van der Waals surface area contributed by atoms with Crippen LogP contribution in [0.3, 0.4) is 0 Å². The number of aliphatic hydroxyl groups is 1. The highest BCUT2D eigenvalue weighted by Gasteiger charge is 2.29. The van der Waals surface area contributed by atoms with Crippen LogP contribution in [0.5, 0.6) is 0 Å². The summed E-state index contributed by atoms with van der Waals surface area (Å²) in [4.78, 5) is 3.81. The number of rotatable bonds is 2. The lowest BCUT2D eigenvalue weighted by Crippen LogP contribution is -2.35. The van der Waals surface area contributed by atoms with Crippen molar-refractivity contribution in [1.82, 2.24) is 14.6 Å². The van der Waals surface area contributed by atoms with Crippen LogP contribution in [0.2, 0.25) is 0 Å². The second kappa shape index (κ2) is 3.76. The van der Waals surface area contributed by atoms with Gasteiger partial charge in [-0.05, 0) is 19.9 Å². The summed E-state index contributed by atoms with van der Waals surface area (Å²) in [6.45, 7) is 2.81. The second-order valence-electron chi connectivity index (χ2n) is 4.22. The molecule has 0 radical (unpaired) electrons. The van der Waals surface area contributed by atoms with Crippen LogP contribution in [0.25, 0.3) is 5.65 Å². The van der Waals surface area contributed by atoms with Gasteiger partial charge in [0.05, 0.1) is 0 Å². The van der Waals surface area contributed by atoms with Gasteiger partial charge in [0.15, 0.2) is 5.65 Å². The van der Waals surface area contributed by atoms with E-state index in [4.69, 9.17) is 10.0 Å². The Labute approximate surface area is 96.5 Å². The minimum atomic E-state index is -1.85. The first-order chi connectivity index (χ1) is 7.82. The third kappa shape index (κ3) is 1.90. The Morgan fingerprint density at radius 1 is 1.41 bits per heavy atom. The Morgan fingerprint density at radius 3 is 2.59 bits per heavy atom. The highest BCUT2D eigenvalue weighted by atomic mass is 19.1. The normalized spacial score (nSPS) is 12.1. The van der Waals surface area contributed by atoms with E-state index in [1.54, 1.807) is 0 Å². The average Bonchev–Trinajstić information content (AvgIpc) is 2.61. The Hall–Kier alpha value is -1.51. The van der Waals surface area contributed by atoms with Gasteiger partial charge in [0.25, 0.3) is 0 Å². The molecular formula is C9H11BFN3O3. The van der Waals surface area contributed by atoms with Crippen LogP contribution >= 0.6 is 0 Å². The molecule has 0 fully saturated rings. The van der Waals surface area contributed by atoms with Crippen LogP contribution in [0, 0.1) is 5.82 Å². The van der Waals surface area contributed by atoms with E-state index in [0.29, 0.717) is 0 Å². The van der Waals surface area contributed by atoms with Crippen molar-refractivity contribution in [2.75, 3.05) is 0 Å². The zero-order chi connectivity index (χ0) is 12.8. The first-order valence-electron chi connectivity index (χ1n) is 4.93. The summed E-state index contributed by atoms with van der Waals surface area (Å²) in [5.74, 6) is -0.779. The summed E-state index contributed by atoms with van der Waals surface area (Å²) in [5.41, 5.74) is -1.56. The first-order valence-corrected chi connectivity index (χ1v) is 4.93. The molecule has 2 aromatic rings. The van der Waals surface area contributed by atoms with Crippen molar-refractivity contribution >= 4 is 18.2 Å². The molecule has 0 saturated carbocycles. The van der Waals surface area contributed by atoms with E-state index in [9.17, 15) is 9.50 Å². The van der Waals surface area contributed by atoms with Gasteiger partial charge in [0, 0.05) is 5.46 Å². The molecule has 0 amide bonds. The maximum atomic E-state index is 13.8. The smallest absolute Gasteiger partial charge is 0.423 e. The molecule has 8 heteroatoms. The number of nitrogens with zero attached hydrogens (tertiary/aromatic N) is 3. The molecule has 0 aliphatic carbocycles. The first kappa shape index (κ1) is 12.0. The van der Waals surface area contributed by atoms with Gasteiger partial charge in [-0.3, -0.25) is 0 Å². The molecule has 2 heterocycles. The Morgan fingerprint density at radius 2 is 2.06 bits per heavy atom. The van der Waals surface area contributed by atoms with E-state index in [0.717, 1.165) is 16.9 Å². The van der Waals surface area contributed by atoms with Crippen molar-refractivity contribution in [3.05, 3.63) is 23.9 Å². The number of hydrogen-bond acceptors (Lipinski definition) is 5. The zero-order valence-electron chi connectivity index (χ0n) is 9.29. The quantitative estimate of drug-likeness (QED) is 0.571. The van der Waals surface area contributed by atoms with E-state index in [1.807, 2.05) is 0 Å². The molecule has 2 aromatic heterocycles. The molecule has 3 N–H and O–H groups in total. The highest BCUT2D eigenvalue weighted by molar-refractivity contribution is 6.60. The number of halogens is 1. The van der Waals surface area contributed by atoms with Gasteiger partial charge in [0.2, 0.25) is 0 Å². The Kier molecular flexibility index (Phi) is 2.65. The van der Waals surface area contributed by atoms with Crippen LogP contribution < -0.4 is 5.46 Å². The van der Waals surface area contributed by atoms with Crippen molar-refractivity contribution in [3.63, 3.8) is 0 Å². The third-order valence-electron chi connectivity index (χ3n) is 2.38. The lowest BCUT2D eigenvalue weighted by atomic mass is 9.80. The fraction of sp³-hybridized carbons (Fsp3) is 0.333. The highest BCUT2D eigenvalue weighted by Crippen LogP contribution is 2.22. The van der Waals surface area contributed by atoms with Gasteiger partial charge in [-0.25, -0.2) is 13.9 Å². The van der Waals surface area contributed by atoms with Gasteiger partial charge in [-0.15, -0.1) is 0 Å². The molecule has 0 bridgehead atoms. The van der Waals surface area contributed by atoms with E-state index in [2.05, 4.69) is 10.1 Å². The molecule has 2 rings (SSSR count). The number of aromatic nitrogens is 3. The van der Waals surface area contributed by atoms with Gasteiger partial charge in [-0.2, -0.15) is 5.10 Å². The van der Waals surface area contributed by atoms with E-state index in [-0.39, 0.29) is 16.8 Å². The van der Waals surface area contributed by atoms with Crippen molar-refractivity contribution in [3.8, 4) is 0 Å². The predicted molar refractivity (Wildman–Crippen MR) is 58.0 cm³/mol. The standard InChI is InChI=1S/C9H11BFN3O3/c1-9(2,15)7-6(11)3-5(10(16)17)8-12-4-13-14(7)8/h3-4,15-17H,1-2H3. The van der Waals surface area contributed by atoms with Gasteiger partial charge in [0.1, 0.15) is 23.4 Å². The summed E-state index contributed by atoms with van der Waals surface area (Å²) in [7, 11) is -1.85. The summed E-state index contributed by atoms with van der Waals surface area (Å²) in [6, 6.07) is 0.933. The summed E-state index contributed by atoms with van der Waals surface area (Å²) < 4.78 is 14.9. The van der Waals surface area contributed by atoms with Crippen LogP contribution in [-0.4, -0.2) is 36.9 Å². The molecule has 0 aromatic carbocycles. The monoisotopic (exact) mass is 239 g/mol. The van der Waals surface area contributed by atoms with E-state index in [1.165, 1.54) is 13.8 Å². The minimum absolute atomic E-state index is 0.0885. The minimum Gasteiger partial charge on any atom is -0.423 e. The lowest BCUT2D eigenvalue weighted by Gasteiger charge is -2.20. The van der Waals surface area contributed by atoms with Crippen molar-refractivity contribution in [2.45, 2.75) is 19.4 Å². The molecule has 0 aliphatic rings. The molecule has 0 spiro atoms. The molecule has 17 heavy (non-hydrogen) atoms. The number of fused-ring (bicyclic) bond motifs is 1. The zero-order valence-corrected chi connectivity index (χ0v) is 9.29. The fourth-order valence-electron chi connectivity index (χ4n) is 1.71. The van der Waals surface area contributed by atoms with Crippen LogP contribution in [0.15, 0.2) is 12.4 Å². The van der Waals surface area contributed by atoms with Gasteiger partial charge >= 0.3 is 7.12 Å². The van der Waals surface area contributed by atoms with Crippen molar-refractivity contribution in [2.24, 2.45) is 0 Å². The predicted octanol–water partition coefficient (Wildman–Crippen LogP) is -1.22. The van der Waals surface area contributed by atoms with E-state index >= 15 is 0 Å². The average molecular weight is 239 g/mol. The largest absolute Gasteiger partial charge is 0.492 e. The summed E-state index contributed by atoms with van der Waals surface area (Å²) in [6.07, 6.45) is 1.15.